The quantitative estimate of drug-likeness (QED) is 0.799. The Bertz CT molecular complexity index is 879. The van der Waals surface area contributed by atoms with Gasteiger partial charge in [-0.2, -0.15) is 5.10 Å². The van der Waals surface area contributed by atoms with Crippen LogP contribution < -0.4 is 5.56 Å². The van der Waals surface area contributed by atoms with Crippen LogP contribution in [0.3, 0.4) is 0 Å². The van der Waals surface area contributed by atoms with Crippen molar-refractivity contribution in [3.05, 3.63) is 51.5 Å². The zero-order chi connectivity index (χ0) is 18.9. The van der Waals surface area contributed by atoms with Crippen LogP contribution in [0.5, 0.6) is 0 Å². The minimum absolute atomic E-state index is 0.0796. The van der Waals surface area contributed by atoms with Gasteiger partial charge in [0.05, 0.1) is 5.69 Å². The Kier molecular flexibility index (Phi) is 4.97. The van der Waals surface area contributed by atoms with Crippen LogP contribution in [0.15, 0.2) is 23.3 Å². The number of aryl methyl sites for hydroxylation is 2. The fraction of sp³-hybridized carbons (Fsp3) is 0.636. The molecule has 1 aliphatic heterocycles. The first-order chi connectivity index (χ1) is 13.7. The van der Waals surface area contributed by atoms with E-state index in [0.717, 1.165) is 63.4 Å². The highest BCUT2D eigenvalue weighted by Gasteiger charge is 2.26. The molecule has 0 spiro atoms. The highest BCUT2D eigenvalue weighted by atomic mass is 16.1. The van der Waals surface area contributed by atoms with Gasteiger partial charge in [-0.3, -0.25) is 9.69 Å². The van der Waals surface area contributed by atoms with Gasteiger partial charge < -0.3 is 0 Å². The van der Waals surface area contributed by atoms with Crippen LogP contribution >= 0.6 is 0 Å². The molecule has 6 heteroatoms. The van der Waals surface area contributed by atoms with Gasteiger partial charge in [-0.1, -0.05) is 0 Å². The Morgan fingerprint density at radius 1 is 1.00 bits per heavy atom. The Hall–Kier alpha value is -2.08. The summed E-state index contributed by atoms with van der Waals surface area (Å²) in [5, 5.41) is 4.70. The summed E-state index contributed by atoms with van der Waals surface area (Å²) in [6, 6.07) is 1.84. The summed E-state index contributed by atoms with van der Waals surface area (Å²) in [6.07, 6.45) is 13.2. The third-order valence-corrected chi connectivity index (χ3v) is 6.49. The molecule has 0 N–H and O–H groups in total. The second kappa shape index (κ2) is 7.74. The molecule has 2 aliphatic carbocycles. The average molecular weight is 380 g/mol. The van der Waals surface area contributed by atoms with Gasteiger partial charge in [-0.25, -0.2) is 14.6 Å². The number of fused-ring (bicyclic) bond motifs is 1. The normalized spacial score (nSPS) is 20.9. The Labute approximate surface area is 166 Å². The van der Waals surface area contributed by atoms with Gasteiger partial charge in [-0.15, -0.1) is 0 Å². The average Bonchev–Trinajstić information content (AvgIpc) is 3.56. The van der Waals surface area contributed by atoms with E-state index in [-0.39, 0.29) is 5.56 Å². The number of rotatable bonds is 5. The molecule has 6 nitrogen and oxygen atoms in total. The van der Waals surface area contributed by atoms with Crippen molar-refractivity contribution in [2.24, 2.45) is 5.92 Å². The molecule has 1 saturated heterocycles. The number of nitrogens with zero attached hydrogens (tertiary/aromatic N) is 5. The van der Waals surface area contributed by atoms with Crippen LogP contribution in [0.2, 0.25) is 0 Å². The minimum atomic E-state index is 0.0796. The summed E-state index contributed by atoms with van der Waals surface area (Å²) in [5.41, 5.74) is 3.61. The Balaban J connectivity index is 1.15. The van der Waals surface area contributed by atoms with Crippen molar-refractivity contribution >= 4 is 0 Å². The molecule has 2 aromatic heterocycles. The van der Waals surface area contributed by atoms with Crippen molar-refractivity contribution in [2.45, 2.75) is 70.4 Å². The van der Waals surface area contributed by atoms with Gasteiger partial charge in [0.25, 0.3) is 5.56 Å². The summed E-state index contributed by atoms with van der Waals surface area (Å²) < 4.78 is 1.73. The van der Waals surface area contributed by atoms with Gasteiger partial charge in [0, 0.05) is 43.0 Å². The van der Waals surface area contributed by atoms with Gasteiger partial charge in [0.2, 0.25) is 0 Å². The molecule has 1 saturated carbocycles. The minimum Gasteiger partial charge on any atom is -0.299 e. The number of hydrogen-bond donors (Lipinski definition) is 0. The zero-order valence-corrected chi connectivity index (χ0v) is 16.5. The van der Waals surface area contributed by atoms with Crippen molar-refractivity contribution in [3.63, 3.8) is 0 Å². The lowest BCUT2D eigenvalue weighted by atomic mass is 9.95. The van der Waals surface area contributed by atoms with Crippen LogP contribution in [0.4, 0.5) is 0 Å². The number of piperidine rings is 1. The van der Waals surface area contributed by atoms with Gasteiger partial charge in [-0.05, 0) is 75.9 Å². The van der Waals surface area contributed by atoms with Gasteiger partial charge in [0.1, 0.15) is 5.82 Å². The van der Waals surface area contributed by atoms with Crippen LogP contribution in [-0.2, 0) is 25.9 Å². The maximum atomic E-state index is 12.4. The number of hydrogen-bond acceptors (Lipinski definition) is 5. The Morgan fingerprint density at radius 3 is 2.50 bits per heavy atom. The molecule has 148 valence electrons. The molecule has 3 aliphatic rings. The lowest BCUT2D eigenvalue weighted by molar-refractivity contribution is 0.163. The molecular formula is C22H29N5O. The molecular weight excluding hydrogens is 350 g/mol. The van der Waals surface area contributed by atoms with Crippen LogP contribution in [0.1, 0.15) is 67.1 Å². The fourth-order valence-electron chi connectivity index (χ4n) is 4.56. The smallest absolute Gasteiger partial charge is 0.267 e. The standard InChI is InChI=1S/C22H29N5O/c28-21-11-19-3-1-2-4-20(19)25-27(21)15-16-7-9-26(10-8-16)14-17-12-23-22(24-13-17)18-5-6-18/h11-13,16,18H,1-10,14-15H2. The van der Waals surface area contributed by atoms with E-state index in [4.69, 9.17) is 5.10 Å². The van der Waals surface area contributed by atoms with Crippen molar-refractivity contribution in [1.29, 1.82) is 0 Å². The van der Waals surface area contributed by atoms with Crippen molar-refractivity contribution in [2.75, 3.05) is 13.1 Å². The van der Waals surface area contributed by atoms with E-state index in [1.54, 1.807) is 4.68 Å². The van der Waals surface area contributed by atoms with Gasteiger partial charge >= 0.3 is 0 Å². The van der Waals surface area contributed by atoms with Crippen molar-refractivity contribution in [1.82, 2.24) is 24.6 Å². The van der Waals surface area contributed by atoms with E-state index in [1.807, 2.05) is 18.5 Å². The summed E-state index contributed by atoms with van der Waals surface area (Å²) in [5.74, 6) is 2.17. The molecule has 0 bridgehead atoms. The second-order valence-corrected chi connectivity index (χ2v) is 8.79. The molecule has 2 aromatic rings. The van der Waals surface area contributed by atoms with E-state index in [0.29, 0.717) is 11.8 Å². The third-order valence-electron chi connectivity index (χ3n) is 6.49. The summed E-state index contributed by atoms with van der Waals surface area (Å²) in [4.78, 5) is 24.0. The van der Waals surface area contributed by atoms with E-state index in [9.17, 15) is 4.79 Å². The van der Waals surface area contributed by atoms with E-state index >= 15 is 0 Å². The predicted molar refractivity (Wildman–Crippen MR) is 107 cm³/mol. The van der Waals surface area contributed by atoms with Crippen molar-refractivity contribution < 1.29 is 0 Å². The molecule has 0 unspecified atom stereocenters. The summed E-state index contributed by atoms with van der Waals surface area (Å²) in [6.45, 7) is 3.82. The summed E-state index contributed by atoms with van der Waals surface area (Å²) >= 11 is 0. The molecule has 0 aromatic carbocycles. The first kappa shape index (κ1) is 18.0. The number of aromatic nitrogens is 4. The lowest BCUT2D eigenvalue weighted by Crippen LogP contribution is -2.37. The monoisotopic (exact) mass is 379 g/mol. The van der Waals surface area contributed by atoms with Gasteiger partial charge in [0.15, 0.2) is 0 Å². The largest absolute Gasteiger partial charge is 0.299 e. The fourth-order valence-corrected chi connectivity index (χ4v) is 4.56. The van der Waals surface area contributed by atoms with E-state index in [1.165, 1.54) is 36.8 Å². The molecule has 2 fully saturated rings. The highest BCUT2D eigenvalue weighted by molar-refractivity contribution is 5.20. The molecule has 3 heterocycles. The van der Waals surface area contributed by atoms with Crippen LogP contribution in [-0.4, -0.2) is 37.7 Å². The molecule has 5 rings (SSSR count). The predicted octanol–water partition coefficient (Wildman–Crippen LogP) is 2.70. The van der Waals surface area contributed by atoms with Crippen molar-refractivity contribution in [3.8, 4) is 0 Å². The number of likely N-dealkylation sites (tertiary alicyclic amines) is 1. The maximum absolute atomic E-state index is 12.4. The molecule has 0 atom stereocenters. The Morgan fingerprint density at radius 2 is 1.75 bits per heavy atom. The SMILES string of the molecule is O=c1cc2c(nn1CC1CCN(Cc3cnc(C4CC4)nc3)CC1)CCCC2. The first-order valence-corrected chi connectivity index (χ1v) is 10.9. The molecule has 28 heavy (non-hydrogen) atoms. The lowest BCUT2D eigenvalue weighted by Gasteiger charge is -2.32. The van der Waals surface area contributed by atoms with Crippen LogP contribution in [0, 0.1) is 5.92 Å². The zero-order valence-electron chi connectivity index (χ0n) is 16.5. The summed E-state index contributed by atoms with van der Waals surface area (Å²) in [7, 11) is 0. The van der Waals surface area contributed by atoms with Crippen LogP contribution in [0.25, 0.3) is 0 Å². The highest BCUT2D eigenvalue weighted by Crippen LogP contribution is 2.37. The maximum Gasteiger partial charge on any atom is 0.267 e. The van der Waals surface area contributed by atoms with E-state index in [2.05, 4.69) is 14.9 Å². The van der Waals surface area contributed by atoms with E-state index < -0.39 is 0 Å². The molecule has 0 amide bonds. The third kappa shape index (κ3) is 4.02. The topological polar surface area (TPSA) is 63.9 Å². The first-order valence-electron chi connectivity index (χ1n) is 10.9. The molecule has 0 radical (unpaired) electrons. The second-order valence-electron chi connectivity index (χ2n) is 8.79.